The van der Waals surface area contributed by atoms with Crippen molar-refractivity contribution in [1.82, 2.24) is 9.78 Å². The maximum atomic E-state index is 10.8. The molecule has 78 valence electrons. The van der Waals surface area contributed by atoms with E-state index in [2.05, 4.69) is 17.7 Å². The van der Waals surface area contributed by atoms with Gasteiger partial charge in [-0.3, -0.25) is 4.68 Å². The lowest BCUT2D eigenvalue weighted by Gasteiger charge is -1.98. The Labute approximate surface area is 95.6 Å². The van der Waals surface area contributed by atoms with E-state index in [0.29, 0.717) is 4.21 Å². The summed E-state index contributed by atoms with van der Waals surface area (Å²) < 4.78 is 2.38. The summed E-state index contributed by atoms with van der Waals surface area (Å²) >= 11 is 5.41. The number of thiophene rings is 1. The Hall–Kier alpha value is -1.27. The lowest BCUT2D eigenvalue weighted by Crippen LogP contribution is -1.93. The van der Waals surface area contributed by atoms with Crippen LogP contribution in [0.1, 0.15) is 9.67 Å². The molecular formula is C9H8N2O2S2. The Morgan fingerprint density at radius 2 is 2.40 bits per heavy atom. The van der Waals surface area contributed by atoms with Gasteiger partial charge in [0, 0.05) is 18.8 Å². The quantitative estimate of drug-likeness (QED) is 0.791. The first-order chi connectivity index (χ1) is 7.09. The highest BCUT2D eigenvalue weighted by Gasteiger charge is 2.14. The molecule has 0 bridgehead atoms. The van der Waals surface area contributed by atoms with Gasteiger partial charge in [-0.05, 0) is 12.1 Å². The minimum atomic E-state index is -0.927. The van der Waals surface area contributed by atoms with Crippen LogP contribution in [-0.4, -0.2) is 20.9 Å². The fraction of sp³-hybridized carbons (Fsp3) is 0.111. The zero-order chi connectivity index (χ0) is 11.0. The summed E-state index contributed by atoms with van der Waals surface area (Å²) in [6, 6.07) is 3.44. The van der Waals surface area contributed by atoms with Crippen LogP contribution in [0.5, 0.6) is 0 Å². The number of rotatable bonds is 2. The number of hydrogen-bond donors (Lipinski definition) is 2. The molecule has 4 nitrogen and oxygen atoms in total. The molecule has 2 heterocycles. The number of aromatic carboxylic acids is 1. The molecule has 6 heteroatoms. The Balaban J connectivity index is 2.54. The number of nitrogens with zero attached hydrogens (tertiary/aromatic N) is 2. The van der Waals surface area contributed by atoms with E-state index in [1.54, 1.807) is 24.0 Å². The van der Waals surface area contributed by atoms with Gasteiger partial charge in [-0.1, -0.05) is 0 Å². The minimum absolute atomic E-state index is 0.288. The minimum Gasteiger partial charge on any atom is -0.477 e. The number of carboxylic acids is 1. The van der Waals surface area contributed by atoms with E-state index >= 15 is 0 Å². The highest BCUT2D eigenvalue weighted by Crippen LogP contribution is 2.33. The number of thiol groups is 1. The number of hydrogen-bond acceptors (Lipinski definition) is 4. The van der Waals surface area contributed by atoms with Gasteiger partial charge in [-0.15, -0.1) is 24.0 Å². The van der Waals surface area contributed by atoms with E-state index in [9.17, 15) is 4.79 Å². The molecule has 2 rings (SSSR count). The molecule has 0 amide bonds. The summed E-state index contributed by atoms with van der Waals surface area (Å²) in [5.74, 6) is -0.927. The molecule has 0 aliphatic carbocycles. The Bertz CT molecular complexity index is 516. The van der Waals surface area contributed by atoms with Crippen molar-refractivity contribution in [2.24, 2.45) is 7.05 Å². The molecule has 0 unspecified atom stereocenters. The van der Waals surface area contributed by atoms with E-state index in [1.807, 2.05) is 6.07 Å². The highest BCUT2D eigenvalue weighted by atomic mass is 32.2. The smallest absolute Gasteiger partial charge is 0.345 e. The lowest BCUT2D eigenvalue weighted by atomic mass is 10.2. The fourth-order valence-corrected chi connectivity index (χ4v) is 2.53. The van der Waals surface area contributed by atoms with Crippen molar-refractivity contribution in [3.63, 3.8) is 0 Å². The predicted octanol–water partition coefficient (Wildman–Crippen LogP) is 2.14. The van der Waals surface area contributed by atoms with Gasteiger partial charge >= 0.3 is 5.97 Å². The van der Waals surface area contributed by atoms with Crippen LogP contribution >= 0.6 is 24.0 Å². The van der Waals surface area contributed by atoms with Crippen LogP contribution < -0.4 is 0 Å². The third-order valence-electron chi connectivity index (χ3n) is 2.02. The second-order valence-electron chi connectivity index (χ2n) is 2.97. The SMILES string of the molecule is Cn1nccc1-c1cc(C(=O)O)sc1S. The molecule has 0 atom stereocenters. The average molecular weight is 240 g/mol. The second kappa shape index (κ2) is 3.71. The van der Waals surface area contributed by atoms with Gasteiger partial charge < -0.3 is 5.11 Å². The summed E-state index contributed by atoms with van der Waals surface area (Å²) in [6.45, 7) is 0. The zero-order valence-corrected chi connectivity index (χ0v) is 9.55. The van der Waals surface area contributed by atoms with Crippen molar-refractivity contribution in [2.75, 3.05) is 0 Å². The molecule has 2 aromatic rings. The maximum Gasteiger partial charge on any atom is 0.345 e. The molecule has 1 N–H and O–H groups in total. The van der Waals surface area contributed by atoms with E-state index in [4.69, 9.17) is 5.11 Å². The first-order valence-corrected chi connectivity index (χ1v) is 5.40. The summed E-state index contributed by atoms with van der Waals surface area (Å²) in [5.41, 5.74) is 1.67. The van der Waals surface area contributed by atoms with Crippen LogP contribution in [-0.2, 0) is 7.05 Å². The van der Waals surface area contributed by atoms with E-state index in [-0.39, 0.29) is 4.88 Å². The molecule has 2 aromatic heterocycles. The van der Waals surface area contributed by atoms with Crippen LogP contribution in [0.3, 0.4) is 0 Å². The summed E-state index contributed by atoms with van der Waals surface area (Å²) in [7, 11) is 1.81. The molecule has 0 saturated carbocycles. The van der Waals surface area contributed by atoms with Crippen LogP contribution in [0.4, 0.5) is 0 Å². The Morgan fingerprint density at radius 1 is 1.67 bits per heavy atom. The van der Waals surface area contributed by atoms with Crippen molar-refractivity contribution in [1.29, 1.82) is 0 Å². The molecule has 0 aliphatic heterocycles. The fourth-order valence-electron chi connectivity index (χ4n) is 1.31. The number of aromatic nitrogens is 2. The van der Waals surface area contributed by atoms with Gasteiger partial charge in [0.2, 0.25) is 0 Å². The summed E-state index contributed by atoms with van der Waals surface area (Å²) in [5, 5.41) is 12.9. The van der Waals surface area contributed by atoms with Crippen LogP contribution in [0.15, 0.2) is 22.5 Å². The van der Waals surface area contributed by atoms with Gasteiger partial charge in [0.25, 0.3) is 0 Å². The zero-order valence-electron chi connectivity index (χ0n) is 7.84. The predicted molar refractivity (Wildman–Crippen MR) is 60.7 cm³/mol. The maximum absolute atomic E-state index is 10.8. The molecule has 0 radical (unpaired) electrons. The third kappa shape index (κ3) is 1.78. The molecular weight excluding hydrogens is 232 g/mol. The topological polar surface area (TPSA) is 55.1 Å². The van der Waals surface area contributed by atoms with Crippen molar-refractivity contribution in [2.45, 2.75) is 4.21 Å². The lowest BCUT2D eigenvalue weighted by molar-refractivity contribution is 0.0702. The van der Waals surface area contributed by atoms with Gasteiger partial charge in [0.1, 0.15) is 4.88 Å². The van der Waals surface area contributed by atoms with Crippen LogP contribution in [0.25, 0.3) is 11.3 Å². The highest BCUT2D eigenvalue weighted by molar-refractivity contribution is 7.83. The van der Waals surface area contributed by atoms with Gasteiger partial charge in [-0.2, -0.15) is 5.10 Å². The monoisotopic (exact) mass is 240 g/mol. The van der Waals surface area contributed by atoms with E-state index in [0.717, 1.165) is 22.6 Å². The molecule has 15 heavy (non-hydrogen) atoms. The number of carboxylic acid groups (broad SMARTS) is 1. The van der Waals surface area contributed by atoms with Crippen molar-refractivity contribution in [3.8, 4) is 11.3 Å². The summed E-state index contributed by atoms with van der Waals surface area (Å²) in [4.78, 5) is 11.1. The Morgan fingerprint density at radius 3 is 2.87 bits per heavy atom. The standard InChI is InChI=1S/C9H8N2O2S2/c1-11-6(2-3-10-11)5-4-7(8(12)13)15-9(5)14/h2-4,14H,1H3,(H,12,13). The second-order valence-corrected chi connectivity index (χ2v) is 4.78. The van der Waals surface area contributed by atoms with Gasteiger partial charge in [-0.25, -0.2) is 4.79 Å². The van der Waals surface area contributed by atoms with E-state index < -0.39 is 5.97 Å². The van der Waals surface area contributed by atoms with Crippen molar-refractivity contribution < 1.29 is 9.90 Å². The van der Waals surface area contributed by atoms with Crippen molar-refractivity contribution in [3.05, 3.63) is 23.2 Å². The van der Waals surface area contributed by atoms with Gasteiger partial charge in [0.15, 0.2) is 0 Å². The molecule has 0 aromatic carbocycles. The first kappa shape index (κ1) is 10.3. The summed E-state index contributed by atoms with van der Waals surface area (Å²) in [6.07, 6.45) is 1.67. The van der Waals surface area contributed by atoms with Crippen LogP contribution in [0, 0.1) is 0 Å². The molecule has 0 aliphatic rings. The van der Waals surface area contributed by atoms with Crippen LogP contribution in [0.2, 0.25) is 0 Å². The average Bonchev–Trinajstić information content (AvgIpc) is 2.71. The van der Waals surface area contributed by atoms with E-state index in [1.165, 1.54) is 0 Å². The molecule has 0 spiro atoms. The third-order valence-corrected chi connectivity index (χ3v) is 3.46. The Kier molecular flexibility index (Phi) is 2.54. The number of aryl methyl sites for hydroxylation is 1. The molecule has 0 fully saturated rings. The normalized spacial score (nSPS) is 10.5. The molecule has 0 saturated heterocycles. The van der Waals surface area contributed by atoms with Gasteiger partial charge in [0.05, 0.1) is 9.90 Å². The first-order valence-electron chi connectivity index (χ1n) is 4.14. The van der Waals surface area contributed by atoms with Crippen molar-refractivity contribution >= 4 is 29.9 Å². The largest absolute Gasteiger partial charge is 0.477 e. The number of carbonyl (C=O) groups is 1.